The number of aliphatic hydroxyl groups is 3. The van der Waals surface area contributed by atoms with Gasteiger partial charge >= 0.3 is 6.01 Å². The molecular formula is C11H18N4O6. The van der Waals surface area contributed by atoms with Crippen LogP contribution in [-0.4, -0.2) is 63.1 Å². The van der Waals surface area contributed by atoms with E-state index in [0.717, 1.165) is 4.57 Å². The minimum atomic E-state index is -1.43. The third kappa shape index (κ3) is 2.78. The number of anilines is 2. The molecule has 0 aromatic carbocycles. The van der Waals surface area contributed by atoms with E-state index in [0.29, 0.717) is 0 Å². The maximum Gasteiger partial charge on any atom is 0.300 e. The van der Waals surface area contributed by atoms with E-state index >= 15 is 0 Å². The molecule has 1 aromatic rings. The van der Waals surface area contributed by atoms with Gasteiger partial charge in [0, 0.05) is 7.05 Å². The van der Waals surface area contributed by atoms with E-state index in [2.05, 4.69) is 10.3 Å². The van der Waals surface area contributed by atoms with Crippen molar-refractivity contribution in [3.05, 3.63) is 10.4 Å². The summed E-state index contributed by atoms with van der Waals surface area (Å²) in [5.74, 6) is -0.133. The van der Waals surface area contributed by atoms with Crippen molar-refractivity contribution < 1.29 is 24.8 Å². The number of ether oxygens (including phenoxy) is 2. The second kappa shape index (κ2) is 5.85. The quantitative estimate of drug-likeness (QED) is 0.399. The average molecular weight is 302 g/mol. The maximum atomic E-state index is 12.1. The van der Waals surface area contributed by atoms with Crippen molar-refractivity contribution in [2.75, 3.05) is 24.8 Å². The molecule has 1 aliphatic rings. The van der Waals surface area contributed by atoms with Gasteiger partial charge in [-0.1, -0.05) is 0 Å². The summed E-state index contributed by atoms with van der Waals surface area (Å²) in [6, 6.07) is 0.0311. The van der Waals surface area contributed by atoms with Crippen LogP contribution in [0.3, 0.4) is 0 Å². The van der Waals surface area contributed by atoms with E-state index in [9.17, 15) is 20.1 Å². The highest BCUT2D eigenvalue weighted by Crippen LogP contribution is 2.20. The minimum absolute atomic E-state index is 0.0311. The summed E-state index contributed by atoms with van der Waals surface area (Å²) < 4.78 is 11.2. The zero-order valence-electron chi connectivity index (χ0n) is 11.6. The summed E-state index contributed by atoms with van der Waals surface area (Å²) in [4.78, 5) is 16.0. The number of nitrogen functional groups attached to an aromatic ring is 1. The minimum Gasteiger partial charge on any atom is -0.468 e. The Morgan fingerprint density at radius 2 is 2.10 bits per heavy atom. The molecule has 6 N–H and O–H groups in total. The van der Waals surface area contributed by atoms with E-state index in [4.69, 9.17) is 15.2 Å². The number of rotatable bonds is 3. The Hall–Kier alpha value is -1.88. The predicted octanol–water partition coefficient (Wildman–Crippen LogP) is -2.78. The number of nitrogens with two attached hydrogens (primary N) is 1. The monoisotopic (exact) mass is 302 g/mol. The Balaban J connectivity index is 2.28. The van der Waals surface area contributed by atoms with Crippen LogP contribution in [0.15, 0.2) is 4.79 Å². The summed E-state index contributed by atoms with van der Waals surface area (Å²) in [6.07, 6.45) is -5.13. The lowest BCUT2D eigenvalue weighted by Crippen LogP contribution is -2.56. The van der Waals surface area contributed by atoms with E-state index in [1.165, 1.54) is 14.2 Å². The Morgan fingerprint density at radius 1 is 1.43 bits per heavy atom. The van der Waals surface area contributed by atoms with Gasteiger partial charge in [0.2, 0.25) is 0 Å². The van der Waals surface area contributed by atoms with Crippen molar-refractivity contribution in [2.45, 2.75) is 24.5 Å². The van der Waals surface area contributed by atoms with Gasteiger partial charge in [-0.3, -0.25) is 9.36 Å². The number of nitrogens with zero attached hydrogens (tertiary/aromatic N) is 2. The molecule has 1 unspecified atom stereocenters. The molecule has 4 atom stereocenters. The highest BCUT2D eigenvalue weighted by molar-refractivity contribution is 5.61. The lowest BCUT2D eigenvalue weighted by Gasteiger charge is -2.35. The van der Waals surface area contributed by atoms with Crippen LogP contribution in [0.4, 0.5) is 11.5 Å². The smallest absolute Gasteiger partial charge is 0.300 e. The predicted molar refractivity (Wildman–Crippen MR) is 71.8 cm³/mol. The number of aromatic nitrogens is 2. The van der Waals surface area contributed by atoms with E-state index in [1.807, 2.05) is 0 Å². The molecule has 1 fully saturated rings. The molecule has 118 valence electrons. The fourth-order valence-corrected chi connectivity index (χ4v) is 1.99. The number of methoxy groups -OCH3 is 1. The van der Waals surface area contributed by atoms with Crippen LogP contribution < -0.4 is 21.3 Å². The molecule has 10 nitrogen and oxygen atoms in total. The van der Waals surface area contributed by atoms with Crippen LogP contribution in [0.25, 0.3) is 0 Å². The summed E-state index contributed by atoms with van der Waals surface area (Å²) in [7, 11) is 2.79. The topological polar surface area (TPSA) is 152 Å². The Labute approximate surface area is 119 Å². The van der Waals surface area contributed by atoms with Gasteiger partial charge in [-0.2, -0.15) is 4.98 Å². The Morgan fingerprint density at radius 3 is 2.71 bits per heavy atom. The first kappa shape index (κ1) is 15.5. The number of hydrogen-bond donors (Lipinski definition) is 5. The summed E-state index contributed by atoms with van der Waals surface area (Å²) in [6.45, 7) is -0.195. The second-order valence-electron chi connectivity index (χ2n) is 4.67. The van der Waals surface area contributed by atoms with Gasteiger partial charge in [0.1, 0.15) is 24.0 Å². The molecule has 1 aromatic heterocycles. The average Bonchev–Trinajstić information content (AvgIpc) is 2.47. The van der Waals surface area contributed by atoms with Crippen LogP contribution >= 0.6 is 0 Å². The summed E-state index contributed by atoms with van der Waals surface area (Å²) in [5, 5.41) is 31.4. The van der Waals surface area contributed by atoms with Gasteiger partial charge in [0.25, 0.3) is 5.56 Å². The zero-order chi connectivity index (χ0) is 15.7. The SMILES string of the molecule is COc1nc(N)c(NC2OC[C@@H](O)[C@H](O)[C@H]2O)c(=O)n1C. The van der Waals surface area contributed by atoms with Crippen LogP contribution in [0.5, 0.6) is 6.01 Å². The molecule has 0 aliphatic carbocycles. The van der Waals surface area contributed by atoms with Crippen LogP contribution in [-0.2, 0) is 11.8 Å². The Kier molecular flexibility index (Phi) is 4.32. The van der Waals surface area contributed by atoms with Crippen LogP contribution in [0, 0.1) is 0 Å². The molecule has 1 saturated heterocycles. The third-order valence-electron chi connectivity index (χ3n) is 3.25. The summed E-state index contributed by atoms with van der Waals surface area (Å²) >= 11 is 0. The highest BCUT2D eigenvalue weighted by Gasteiger charge is 2.38. The zero-order valence-corrected chi connectivity index (χ0v) is 11.6. The van der Waals surface area contributed by atoms with Gasteiger partial charge in [0.15, 0.2) is 12.0 Å². The van der Waals surface area contributed by atoms with E-state index in [-0.39, 0.29) is 24.1 Å². The van der Waals surface area contributed by atoms with Gasteiger partial charge in [-0.15, -0.1) is 0 Å². The molecular weight excluding hydrogens is 284 g/mol. The molecule has 0 spiro atoms. The largest absolute Gasteiger partial charge is 0.468 e. The summed E-state index contributed by atoms with van der Waals surface area (Å²) in [5.41, 5.74) is 5.05. The first-order chi connectivity index (χ1) is 9.86. The van der Waals surface area contributed by atoms with E-state index in [1.54, 1.807) is 0 Å². The maximum absolute atomic E-state index is 12.1. The van der Waals surface area contributed by atoms with Crippen LogP contribution in [0.2, 0.25) is 0 Å². The molecule has 2 rings (SSSR count). The van der Waals surface area contributed by atoms with Gasteiger partial charge in [0.05, 0.1) is 13.7 Å². The molecule has 10 heteroatoms. The molecule has 1 aliphatic heterocycles. The number of nitrogens with one attached hydrogen (secondary N) is 1. The van der Waals surface area contributed by atoms with Gasteiger partial charge in [-0.25, -0.2) is 0 Å². The fourth-order valence-electron chi connectivity index (χ4n) is 1.99. The molecule has 2 heterocycles. The van der Waals surface area contributed by atoms with Crippen molar-refractivity contribution in [1.29, 1.82) is 0 Å². The number of aliphatic hydroxyl groups excluding tert-OH is 3. The lowest BCUT2D eigenvalue weighted by atomic mass is 10.0. The molecule has 0 bridgehead atoms. The van der Waals surface area contributed by atoms with Crippen molar-refractivity contribution in [2.24, 2.45) is 7.05 Å². The second-order valence-corrected chi connectivity index (χ2v) is 4.67. The van der Waals surface area contributed by atoms with Gasteiger partial charge < -0.3 is 35.8 Å². The van der Waals surface area contributed by atoms with Crippen molar-refractivity contribution >= 4 is 11.5 Å². The molecule has 21 heavy (non-hydrogen) atoms. The fraction of sp³-hybridized carbons (Fsp3) is 0.636. The van der Waals surface area contributed by atoms with Crippen molar-refractivity contribution in [3.63, 3.8) is 0 Å². The van der Waals surface area contributed by atoms with Crippen molar-refractivity contribution in [1.82, 2.24) is 9.55 Å². The molecule has 0 radical (unpaired) electrons. The third-order valence-corrected chi connectivity index (χ3v) is 3.25. The lowest BCUT2D eigenvalue weighted by molar-refractivity contribution is -0.178. The molecule has 0 saturated carbocycles. The van der Waals surface area contributed by atoms with Crippen molar-refractivity contribution in [3.8, 4) is 6.01 Å². The van der Waals surface area contributed by atoms with Crippen LogP contribution in [0.1, 0.15) is 0 Å². The standard InChI is InChI=1S/C11H18N4O6/c1-15-10(19)5(8(12)14-11(15)20-2)13-9-7(18)6(17)4(16)3-21-9/h4,6-7,9,13,16-18H,3,12H2,1-2H3/t4-,6+,7-,9?/m1/s1. The Bertz CT molecular complexity index is 577. The first-order valence-electron chi connectivity index (χ1n) is 6.19. The van der Waals surface area contributed by atoms with Gasteiger partial charge in [-0.05, 0) is 0 Å². The first-order valence-corrected chi connectivity index (χ1v) is 6.19. The van der Waals surface area contributed by atoms with E-state index < -0.39 is 30.1 Å². The molecule has 0 amide bonds. The number of hydrogen-bond acceptors (Lipinski definition) is 9. The normalized spacial score (nSPS) is 29.2. The highest BCUT2D eigenvalue weighted by atomic mass is 16.5.